The fourth-order valence-corrected chi connectivity index (χ4v) is 4.08. The van der Waals surface area contributed by atoms with Gasteiger partial charge in [-0.05, 0) is 72.6 Å². The van der Waals surface area contributed by atoms with E-state index >= 15 is 0 Å². The van der Waals surface area contributed by atoms with Gasteiger partial charge in [-0.25, -0.2) is 4.39 Å². The fourth-order valence-electron chi connectivity index (χ4n) is 3.26. The summed E-state index contributed by atoms with van der Waals surface area (Å²) in [6.07, 6.45) is 1.44. The zero-order valence-electron chi connectivity index (χ0n) is 17.1. The van der Waals surface area contributed by atoms with E-state index in [1.807, 2.05) is 6.92 Å². The van der Waals surface area contributed by atoms with Crippen LogP contribution in [-0.2, 0) is 11.3 Å². The molecule has 0 spiro atoms. The predicted octanol–water partition coefficient (Wildman–Crippen LogP) is 5.85. The molecule has 1 saturated heterocycles. The summed E-state index contributed by atoms with van der Waals surface area (Å²) in [7, 11) is 0. The van der Waals surface area contributed by atoms with Gasteiger partial charge in [0.2, 0.25) is 0 Å². The lowest BCUT2D eigenvalue weighted by atomic mass is 10.0. The van der Waals surface area contributed by atoms with Crippen LogP contribution in [0, 0.1) is 29.8 Å². The van der Waals surface area contributed by atoms with E-state index in [-0.39, 0.29) is 22.9 Å². The third kappa shape index (κ3) is 4.19. The Morgan fingerprint density at radius 2 is 1.78 bits per heavy atom. The van der Waals surface area contributed by atoms with E-state index in [0.717, 1.165) is 27.8 Å². The molecule has 1 aliphatic rings. The van der Waals surface area contributed by atoms with E-state index in [1.165, 1.54) is 36.4 Å². The molecule has 0 radical (unpaired) electrons. The number of nitrogens with zero attached hydrogens (tertiary/aromatic N) is 2. The van der Waals surface area contributed by atoms with Gasteiger partial charge in [0.1, 0.15) is 17.3 Å². The van der Waals surface area contributed by atoms with Crippen LogP contribution in [0.4, 0.5) is 14.9 Å². The van der Waals surface area contributed by atoms with Crippen molar-refractivity contribution in [3.63, 3.8) is 0 Å². The summed E-state index contributed by atoms with van der Waals surface area (Å²) in [5.74, 6) is -0.309. The normalized spacial score (nSPS) is 15.1. The third-order valence-corrected chi connectivity index (χ3v) is 6.01. The lowest BCUT2D eigenvalue weighted by molar-refractivity contribution is -0.384. The molecule has 2 amide bonds. The summed E-state index contributed by atoms with van der Waals surface area (Å²) in [5.41, 5.74) is 2.56. The summed E-state index contributed by atoms with van der Waals surface area (Å²) >= 11 is 0.773. The Kier molecular flexibility index (Phi) is 5.67. The number of halogens is 1. The maximum absolute atomic E-state index is 13.1. The van der Waals surface area contributed by atoms with Gasteiger partial charge >= 0.3 is 0 Å². The van der Waals surface area contributed by atoms with E-state index in [9.17, 15) is 24.1 Å². The van der Waals surface area contributed by atoms with Crippen LogP contribution in [0.3, 0.4) is 0 Å². The number of nitro benzene ring substituents is 1. The van der Waals surface area contributed by atoms with Crippen molar-refractivity contribution in [2.45, 2.75) is 20.4 Å². The molecule has 32 heavy (non-hydrogen) atoms. The number of hydrogen-bond acceptors (Lipinski definition) is 6. The zero-order chi connectivity index (χ0) is 23.0. The standard InChI is InChI=1S/C23H17FN2O5S/c1-13-9-18(19(26(29)30)10-14(13)2)20-8-7-17(31-20)11-21-22(27)25(23(28)32-21)12-15-3-5-16(24)6-4-15/h3-11H,12H2,1-2H3/b21-11-. The van der Waals surface area contributed by atoms with Crippen LogP contribution < -0.4 is 0 Å². The SMILES string of the molecule is Cc1cc(-c2ccc(/C=C3\SC(=O)N(Cc4ccc(F)cc4)C3=O)o2)c([N+](=O)[O-])cc1C. The van der Waals surface area contributed by atoms with Crippen LogP contribution in [-0.4, -0.2) is 21.0 Å². The first-order chi connectivity index (χ1) is 15.2. The highest BCUT2D eigenvalue weighted by Gasteiger charge is 2.35. The van der Waals surface area contributed by atoms with E-state index in [4.69, 9.17) is 4.42 Å². The van der Waals surface area contributed by atoms with Crippen LogP contribution in [0.1, 0.15) is 22.5 Å². The van der Waals surface area contributed by atoms with Crippen molar-refractivity contribution in [2.75, 3.05) is 0 Å². The molecule has 0 saturated carbocycles. The molecule has 9 heteroatoms. The predicted molar refractivity (Wildman–Crippen MR) is 118 cm³/mol. The molecule has 0 aliphatic carbocycles. The van der Waals surface area contributed by atoms with E-state index in [1.54, 1.807) is 25.1 Å². The summed E-state index contributed by atoms with van der Waals surface area (Å²) < 4.78 is 18.8. The van der Waals surface area contributed by atoms with Crippen molar-refractivity contribution < 1.29 is 23.3 Å². The average Bonchev–Trinajstić information content (AvgIpc) is 3.31. The molecule has 0 N–H and O–H groups in total. The van der Waals surface area contributed by atoms with Gasteiger partial charge in [-0.2, -0.15) is 0 Å². The van der Waals surface area contributed by atoms with Gasteiger partial charge in [-0.1, -0.05) is 12.1 Å². The number of benzene rings is 2. The molecule has 3 aromatic rings. The van der Waals surface area contributed by atoms with Crippen LogP contribution >= 0.6 is 11.8 Å². The second kappa shape index (κ2) is 8.43. The molecular weight excluding hydrogens is 435 g/mol. The summed E-state index contributed by atoms with van der Waals surface area (Å²) in [6.45, 7) is 3.67. The molecule has 1 aromatic heterocycles. The Bertz CT molecular complexity index is 1280. The molecule has 1 aliphatic heterocycles. The Hall–Kier alpha value is -3.72. The molecule has 162 valence electrons. The quantitative estimate of drug-likeness (QED) is 0.274. The molecule has 0 atom stereocenters. The number of aryl methyl sites for hydroxylation is 2. The van der Waals surface area contributed by atoms with Crippen molar-refractivity contribution in [3.8, 4) is 11.3 Å². The first kappa shape index (κ1) is 21.5. The molecule has 7 nitrogen and oxygen atoms in total. The highest BCUT2D eigenvalue weighted by molar-refractivity contribution is 8.18. The van der Waals surface area contributed by atoms with E-state index in [2.05, 4.69) is 0 Å². The van der Waals surface area contributed by atoms with Gasteiger partial charge < -0.3 is 4.42 Å². The molecule has 0 bridgehead atoms. The highest BCUT2D eigenvalue weighted by Crippen LogP contribution is 2.36. The molecule has 2 heterocycles. The van der Waals surface area contributed by atoms with Gasteiger partial charge in [-0.3, -0.25) is 24.6 Å². The van der Waals surface area contributed by atoms with Gasteiger partial charge in [0.15, 0.2) is 0 Å². The van der Waals surface area contributed by atoms with Gasteiger partial charge in [0, 0.05) is 12.1 Å². The number of hydrogen-bond donors (Lipinski definition) is 0. The number of imide groups is 1. The second-order valence-corrected chi connectivity index (χ2v) is 8.30. The third-order valence-electron chi connectivity index (χ3n) is 5.10. The summed E-state index contributed by atoms with van der Waals surface area (Å²) in [6, 6.07) is 11.9. The molecule has 2 aromatic carbocycles. The molecule has 4 rings (SSSR count). The van der Waals surface area contributed by atoms with Crippen LogP contribution in [0.15, 0.2) is 57.9 Å². The van der Waals surface area contributed by atoms with Crippen LogP contribution in [0.2, 0.25) is 0 Å². The fraction of sp³-hybridized carbons (Fsp3) is 0.130. The number of thioether (sulfide) groups is 1. The maximum Gasteiger partial charge on any atom is 0.293 e. The van der Waals surface area contributed by atoms with Crippen LogP contribution in [0.25, 0.3) is 17.4 Å². The Labute approximate surface area is 186 Å². The van der Waals surface area contributed by atoms with E-state index in [0.29, 0.717) is 16.9 Å². The monoisotopic (exact) mass is 452 g/mol. The minimum absolute atomic E-state index is 0.0283. The Morgan fingerprint density at radius 3 is 2.47 bits per heavy atom. The highest BCUT2D eigenvalue weighted by atomic mass is 32.2. The number of amides is 2. The van der Waals surface area contributed by atoms with Crippen molar-refractivity contribution >= 4 is 34.7 Å². The number of furan rings is 1. The van der Waals surface area contributed by atoms with Crippen molar-refractivity contribution in [1.82, 2.24) is 4.90 Å². The van der Waals surface area contributed by atoms with Crippen molar-refractivity contribution in [2.24, 2.45) is 0 Å². The minimum atomic E-state index is -0.487. The first-order valence-corrected chi connectivity index (χ1v) is 10.4. The first-order valence-electron chi connectivity index (χ1n) is 9.58. The second-order valence-electron chi connectivity index (χ2n) is 7.31. The number of rotatable bonds is 5. The van der Waals surface area contributed by atoms with Crippen molar-refractivity contribution in [1.29, 1.82) is 0 Å². The molecule has 1 fully saturated rings. The maximum atomic E-state index is 13.1. The van der Waals surface area contributed by atoms with E-state index < -0.39 is 21.9 Å². The lowest BCUT2D eigenvalue weighted by Crippen LogP contribution is -2.27. The topological polar surface area (TPSA) is 93.7 Å². The average molecular weight is 452 g/mol. The zero-order valence-corrected chi connectivity index (χ0v) is 17.9. The molecular formula is C23H17FN2O5S. The van der Waals surface area contributed by atoms with Gasteiger partial charge in [-0.15, -0.1) is 0 Å². The number of nitro groups is 1. The van der Waals surface area contributed by atoms with Crippen LogP contribution in [0.5, 0.6) is 0 Å². The number of carbonyl (C=O) groups excluding carboxylic acids is 2. The lowest BCUT2D eigenvalue weighted by Gasteiger charge is -2.12. The Morgan fingerprint density at radius 1 is 1.09 bits per heavy atom. The molecule has 0 unspecified atom stereocenters. The van der Waals surface area contributed by atoms with Crippen molar-refractivity contribution in [3.05, 3.63) is 91.8 Å². The largest absolute Gasteiger partial charge is 0.456 e. The van der Waals surface area contributed by atoms with Gasteiger partial charge in [0.25, 0.3) is 16.8 Å². The summed E-state index contributed by atoms with van der Waals surface area (Å²) in [4.78, 5) is 37.3. The summed E-state index contributed by atoms with van der Waals surface area (Å²) in [5, 5.41) is 11.0. The van der Waals surface area contributed by atoms with Gasteiger partial charge in [0.05, 0.1) is 21.9 Å². The number of carbonyl (C=O) groups is 2. The smallest absolute Gasteiger partial charge is 0.293 e. The minimum Gasteiger partial charge on any atom is -0.456 e. The Balaban J connectivity index is 1.59.